The standard InChI is InChI=1S/C19H26N2O6/c1-19(2,3)27-18(24)21-11-14(10-15(21)16(22)25-4)20-17(23)26-12-13-8-6-5-7-9-13/h5-9,14-15H,10-12H2,1-4H3,(H,20,23)/t14-,15-/m1/s1. The van der Waals surface area contributed by atoms with Gasteiger partial charge in [0.05, 0.1) is 13.2 Å². The van der Waals surface area contributed by atoms with Gasteiger partial charge in [-0.25, -0.2) is 14.4 Å². The van der Waals surface area contributed by atoms with Crippen LogP contribution < -0.4 is 5.32 Å². The fraction of sp³-hybridized carbons (Fsp3) is 0.526. The van der Waals surface area contributed by atoms with E-state index in [-0.39, 0.29) is 19.6 Å². The van der Waals surface area contributed by atoms with Gasteiger partial charge in [0.25, 0.3) is 0 Å². The van der Waals surface area contributed by atoms with E-state index in [2.05, 4.69) is 5.32 Å². The first kappa shape index (κ1) is 20.5. The molecule has 0 bridgehead atoms. The highest BCUT2D eigenvalue weighted by atomic mass is 16.6. The predicted octanol–water partition coefficient (Wildman–Crippen LogP) is 2.46. The molecule has 1 saturated heterocycles. The van der Waals surface area contributed by atoms with E-state index in [1.54, 1.807) is 20.8 Å². The first-order chi connectivity index (χ1) is 12.7. The molecule has 0 radical (unpaired) electrons. The molecular formula is C19H26N2O6. The number of amides is 2. The molecule has 0 aromatic heterocycles. The maximum absolute atomic E-state index is 12.4. The third kappa shape index (κ3) is 6.16. The maximum atomic E-state index is 12.4. The first-order valence-electron chi connectivity index (χ1n) is 8.74. The Kier molecular flexibility index (Phi) is 6.65. The molecule has 0 spiro atoms. The van der Waals surface area contributed by atoms with Crippen LogP contribution in [0.5, 0.6) is 0 Å². The van der Waals surface area contributed by atoms with Gasteiger partial charge in [-0.1, -0.05) is 30.3 Å². The number of likely N-dealkylation sites (tertiary alicyclic amines) is 1. The van der Waals surface area contributed by atoms with Crippen molar-refractivity contribution < 1.29 is 28.6 Å². The quantitative estimate of drug-likeness (QED) is 0.639. The van der Waals surface area contributed by atoms with Gasteiger partial charge < -0.3 is 19.5 Å². The zero-order chi connectivity index (χ0) is 20.0. The van der Waals surface area contributed by atoms with Gasteiger partial charge >= 0.3 is 18.2 Å². The molecule has 1 aromatic rings. The van der Waals surface area contributed by atoms with Crippen LogP contribution in [0.2, 0.25) is 0 Å². The number of carbonyl (C=O) groups is 3. The van der Waals surface area contributed by atoms with Gasteiger partial charge in [-0.05, 0) is 26.3 Å². The highest BCUT2D eigenvalue weighted by Gasteiger charge is 2.42. The van der Waals surface area contributed by atoms with Crippen molar-refractivity contribution in [3.8, 4) is 0 Å². The van der Waals surface area contributed by atoms with Crippen LogP contribution in [-0.4, -0.2) is 54.4 Å². The van der Waals surface area contributed by atoms with Crippen LogP contribution in [0.15, 0.2) is 30.3 Å². The molecule has 2 atom stereocenters. The lowest BCUT2D eigenvalue weighted by atomic mass is 10.2. The molecule has 0 unspecified atom stereocenters. The molecular weight excluding hydrogens is 352 g/mol. The average Bonchev–Trinajstić information content (AvgIpc) is 3.02. The summed E-state index contributed by atoms with van der Waals surface area (Å²) in [6.07, 6.45) is -1.01. The second-order valence-corrected chi connectivity index (χ2v) is 7.31. The largest absolute Gasteiger partial charge is 0.467 e. The molecule has 148 valence electrons. The summed E-state index contributed by atoms with van der Waals surface area (Å²) in [5.74, 6) is -0.553. The zero-order valence-electron chi connectivity index (χ0n) is 16.1. The van der Waals surface area contributed by atoms with Crippen LogP contribution in [0.3, 0.4) is 0 Å². The van der Waals surface area contributed by atoms with Crippen LogP contribution in [0, 0.1) is 0 Å². The summed E-state index contributed by atoms with van der Waals surface area (Å²) < 4.78 is 15.3. The fourth-order valence-electron chi connectivity index (χ4n) is 2.75. The van der Waals surface area contributed by atoms with E-state index < -0.39 is 35.8 Å². The Hall–Kier alpha value is -2.77. The van der Waals surface area contributed by atoms with Crippen molar-refractivity contribution in [2.45, 2.75) is 51.5 Å². The van der Waals surface area contributed by atoms with Gasteiger partial charge in [0.15, 0.2) is 0 Å². The summed E-state index contributed by atoms with van der Waals surface area (Å²) in [7, 11) is 1.25. The third-order valence-electron chi connectivity index (χ3n) is 3.94. The topological polar surface area (TPSA) is 94.2 Å². The lowest BCUT2D eigenvalue weighted by Gasteiger charge is -2.27. The lowest BCUT2D eigenvalue weighted by molar-refractivity contribution is -0.145. The molecule has 27 heavy (non-hydrogen) atoms. The number of ether oxygens (including phenoxy) is 3. The summed E-state index contributed by atoms with van der Waals surface area (Å²) in [5.41, 5.74) is 0.166. The minimum absolute atomic E-state index is 0.134. The predicted molar refractivity (Wildman–Crippen MR) is 96.9 cm³/mol. The first-order valence-corrected chi connectivity index (χ1v) is 8.74. The second-order valence-electron chi connectivity index (χ2n) is 7.31. The summed E-state index contributed by atoms with van der Waals surface area (Å²) in [5, 5.41) is 2.69. The molecule has 0 saturated carbocycles. The van der Waals surface area contributed by atoms with Crippen molar-refractivity contribution in [2.24, 2.45) is 0 Å². The average molecular weight is 378 g/mol. The number of hydrogen-bond acceptors (Lipinski definition) is 6. The highest BCUT2D eigenvalue weighted by Crippen LogP contribution is 2.22. The van der Waals surface area contributed by atoms with E-state index in [0.29, 0.717) is 0 Å². The van der Waals surface area contributed by atoms with Crippen LogP contribution >= 0.6 is 0 Å². The van der Waals surface area contributed by atoms with Gasteiger partial charge in [-0.3, -0.25) is 4.90 Å². The fourth-order valence-corrected chi connectivity index (χ4v) is 2.75. The third-order valence-corrected chi connectivity index (χ3v) is 3.94. The zero-order valence-corrected chi connectivity index (χ0v) is 16.1. The van der Waals surface area contributed by atoms with Crippen LogP contribution in [0.25, 0.3) is 0 Å². The number of carbonyl (C=O) groups excluding carboxylic acids is 3. The van der Waals surface area contributed by atoms with E-state index in [4.69, 9.17) is 14.2 Å². The van der Waals surface area contributed by atoms with E-state index in [9.17, 15) is 14.4 Å². The molecule has 1 aromatic carbocycles. The number of esters is 1. The second kappa shape index (κ2) is 8.75. The van der Waals surface area contributed by atoms with Crippen LogP contribution in [0.4, 0.5) is 9.59 Å². The summed E-state index contributed by atoms with van der Waals surface area (Å²) in [4.78, 5) is 37.7. The number of nitrogens with zero attached hydrogens (tertiary/aromatic N) is 1. The Morgan fingerprint density at radius 1 is 1.19 bits per heavy atom. The lowest BCUT2D eigenvalue weighted by Crippen LogP contribution is -2.44. The minimum Gasteiger partial charge on any atom is -0.467 e. The Labute approximate surface area is 158 Å². The van der Waals surface area contributed by atoms with Gasteiger partial charge in [0.1, 0.15) is 18.2 Å². The summed E-state index contributed by atoms with van der Waals surface area (Å²) >= 11 is 0. The Bertz CT molecular complexity index is 671. The molecule has 1 heterocycles. The SMILES string of the molecule is COC(=O)[C@H]1C[C@@H](NC(=O)OCc2ccccc2)CN1C(=O)OC(C)(C)C. The summed E-state index contributed by atoms with van der Waals surface area (Å²) in [6.45, 7) is 5.49. The number of benzene rings is 1. The molecule has 2 rings (SSSR count). The minimum atomic E-state index is -0.815. The number of nitrogens with one attached hydrogen (secondary N) is 1. The van der Waals surface area contributed by atoms with Crippen molar-refractivity contribution in [1.82, 2.24) is 10.2 Å². The van der Waals surface area contributed by atoms with E-state index in [0.717, 1.165) is 5.56 Å². The molecule has 1 aliphatic rings. The molecule has 2 amide bonds. The van der Waals surface area contributed by atoms with Crippen LogP contribution in [0.1, 0.15) is 32.8 Å². The Morgan fingerprint density at radius 2 is 1.85 bits per heavy atom. The summed E-state index contributed by atoms with van der Waals surface area (Å²) in [6, 6.07) is 8.02. The normalized spacial score (nSPS) is 19.3. The van der Waals surface area contributed by atoms with Gasteiger partial charge in [0, 0.05) is 13.0 Å². The maximum Gasteiger partial charge on any atom is 0.411 e. The highest BCUT2D eigenvalue weighted by molar-refractivity contribution is 5.82. The van der Waals surface area contributed by atoms with Gasteiger partial charge in [-0.2, -0.15) is 0 Å². The van der Waals surface area contributed by atoms with E-state index in [1.807, 2.05) is 30.3 Å². The van der Waals surface area contributed by atoms with E-state index in [1.165, 1.54) is 12.0 Å². The van der Waals surface area contributed by atoms with Crippen molar-refractivity contribution >= 4 is 18.2 Å². The number of alkyl carbamates (subject to hydrolysis) is 1. The molecule has 1 aliphatic heterocycles. The van der Waals surface area contributed by atoms with Crippen molar-refractivity contribution in [3.63, 3.8) is 0 Å². The number of methoxy groups -OCH3 is 1. The van der Waals surface area contributed by atoms with Gasteiger partial charge in [0.2, 0.25) is 0 Å². The van der Waals surface area contributed by atoms with Crippen molar-refractivity contribution in [1.29, 1.82) is 0 Å². The monoisotopic (exact) mass is 378 g/mol. The Balaban J connectivity index is 1.94. The van der Waals surface area contributed by atoms with E-state index >= 15 is 0 Å². The van der Waals surface area contributed by atoms with Crippen molar-refractivity contribution in [3.05, 3.63) is 35.9 Å². The molecule has 1 N–H and O–H groups in total. The number of rotatable bonds is 4. The molecule has 1 fully saturated rings. The molecule has 0 aliphatic carbocycles. The molecule has 8 nitrogen and oxygen atoms in total. The molecule has 8 heteroatoms. The van der Waals surface area contributed by atoms with Crippen molar-refractivity contribution in [2.75, 3.05) is 13.7 Å². The number of hydrogen-bond donors (Lipinski definition) is 1. The van der Waals surface area contributed by atoms with Crippen LogP contribution in [-0.2, 0) is 25.6 Å². The Morgan fingerprint density at radius 3 is 2.44 bits per heavy atom. The van der Waals surface area contributed by atoms with Gasteiger partial charge in [-0.15, -0.1) is 0 Å². The smallest absolute Gasteiger partial charge is 0.411 e.